The Morgan fingerprint density at radius 1 is 1.47 bits per heavy atom. The molecule has 1 amide bonds. The summed E-state index contributed by atoms with van der Waals surface area (Å²) in [5, 5.41) is 19.8. The first-order valence-corrected chi connectivity index (χ1v) is 5.57. The van der Waals surface area contributed by atoms with Gasteiger partial charge in [-0.15, -0.1) is 0 Å². The lowest BCUT2D eigenvalue weighted by Crippen LogP contribution is -2.40. The largest absolute Gasteiger partial charge is 0.480 e. The Bertz CT molecular complexity index is 546. The van der Waals surface area contributed by atoms with Gasteiger partial charge in [0, 0.05) is 18.1 Å². The lowest BCUT2D eigenvalue weighted by molar-refractivity contribution is -0.385. The second-order valence-electron chi connectivity index (χ2n) is 3.85. The SMILES string of the molecule is CC(C(=O)O)N(C)C(=O)c1cc(Cl)ccc1[N+](=O)[O-]. The molecule has 0 fully saturated rings. The highest BCUT2D eigenvalue weighted by molar-refractivity contribution is 6.31. The van der Waals surface area contributed by atoms with Crippen molar-refractivity contribution in [3.05, 3.63) is 38.9 Å². The Labute approximate surface area is 113 Å². The molecule has 8 heteroatoms. The Morgan fingerprint density at radius 3 is 2.53 bits per heavy atom. The minimum atomic E-state index is -1.21. The predicted octanol–water partition coefficient (Wildman–Crippen LogP) is 1.79. The second-order valence-corrected chi connectivity index (χ2v) is 4.29. The Balaban J connectivity index is 3.22. The minimum Gasteiger partial charge on any atom is -0.480 e. The molecule has 0 spiro atoms. The van der Waals surface area contributed by atoms with Gasteiger partial charge in [-0.05, 0) is 19.1 Å². The van der Waals surface area contributed by atoms with Crippen LogP contribution in [-0.2, 0) is 4.79 Å². The summed E-state index contributed by atoms with van der Waals surface area (Å²) in [6, 6.07) is 2.44. The van der Waals surface area contributed by atoms with Gasteiger partial charge in [-0.25, -0.2) is 4.79 Å². The van der Waals surface area contributed by atoms with Gasteiger partial charge in [-0.2, -0.15) is 0 Å². The normalized spacial score (nSPS) is 11.7. The third kappa shape index (κ3) is 3.19. The molecule has 0 bridgehead atoms. The molecule has 0 saturated heterocycles. The van der Waals surface area contributed by atoms with E-state index in [1.165, 1.54) is 20.0 Å². The number of hydrogen-bond acceptors (Lipinski definition) is 4. The number of hydrogen-bond donors (Lipinski definition) is 1. The first-order chi connectivity index (χ1) is 8.75. The zero-order chi connectivity index (χ0) is 14.7. The van der Waals surface area contributed by atoms with E-state index in [1.807, 2.05) is 0 Å². The van der Waals surface area contributed by atoms with E-state index in [4.69, 9.17) is 16.7 Å². The van der Waals surface area contributed by atoms with E-state index < -0.39 is 28.5 Å². The van der Waals surface area contributed by atoms with Crippen LogP contribution in [0.4, 0.5) is 5.69 Å². The van der Waals surface area contributed by atoms with E-state index in [-0.39, 0.29) is 10.6 Å². The predicted molar refractivity (Wildman–Crippen MR) is 67.3 cm³/mol. The van der Waals surface area contributed by atoms with E-state index in [1.54, 1.807) is 0 Å². The average Bonchev–Trinajstić information content (AvgIpc) is 2.35. The van der Waals surface area contributed by atoms with Crippen molar-refractivity contribution >= 4 is 29.2 Å². The summed E-state index contributed by atoms with van der Waals surface area (Å²) in [6.45, 7) is 1.30. The van der Waals surface area contributed by atoms with Crippen molar-refractivity contribution in [1.82, 2.24) is 4.90 Å². The maximum atomic E-state index is 12.1. The smallest absolute Gasteiger partial charge is 0.326 e. The summed E-state index contributed by atoms with van der Waals surface area (Å²) in [5.74, 6) is -1.98. The Morgan fingerprint density at radius 2 is 2.05 bits per heavy atom. The van der Waals surface area contributed by atoms with Gasteiger partial charge in [0.15, 0.2) is 0 Å². The molecule has 1 atom stereocenters. The van der Waals surface area contributed by atoms with Gasteiger partial charge in [-0.1, -0.05) is 11.6 Å². The van der Waals surface area contributed by atoms with Crippen molar-refractivity contribution < 1.29 is 19.6 Å². The van der Waals surface area contributed by atoms with Crippen molar-refractivity contribution in [2.75, 3.05) is 7.05 Å². The van der Waals surface area contributed by atoms with Crippen LogP contribution in [0.25, 0.3) is 0 Å². The zero-order valence-corrected chi connectivity index (χ0v) is 10.9. The third-order valence-corrected chi connectivity index (χ3v) is 2.88. The molecule has 1 aromatic carbocycles. The molecule has 7 nitrogen and oxygen atoms in total. The summed E-state index contributed by atoms with van der Waals surface area (Å²) >= 11 is 5.70. The second kappa shape index (κ2) is 5.66. The Kier molecular flexibility index (Phi) is 4.44. The van der Waals surface area contributed by atoms with Crippen LogP contribution in [0, 0.1) is 10.1 Å². The Hall–Kier alpha value is -2.15. The van der Waals surface area contributed by atoms with Crippen LogP contribution in [0.3, 0.4) is 0 Å². The molecule has 0 aliphatic rings. The van der Waals surface area contributed by atoms with Gasteiger partial charge in [-0.3, -0.25) is 14.9 Å². The molecule has 0 aliphatic heterocycles. The van der Waals surface area contributed by atoms with Gasteiger partial charge >= 0.3 is 5.97 Å². The maximum absolute atomic E-state index is 12.1. The highest BCUT2D eigenvalue weighted by atomic mass is 35.5. The van der Waals surface area contributed by atoms with Crippen LogP contribution >= 0.6 is 11.6 Å². The van der Waals surface area contributed by atoms with E-state index in [9.17, 15) is 19.7 Å². The minimum absolute atomic E-state index is 0.158. The van der Waals surface area contributed by atoms with Gasteiger partial charge in [0.25, 0.3) is 11.6 Å². The van der Waals surface area contributed by atoms with E-state index in [0.29, 0.717) is 0 Å². The van der Waals surface area contributed by atoms with Crippen molar-refractivity contribution in [1.29, 1.82) is 0 Å². The average molecular weight is 287 g/mol. The number of carboxylic acids is 1. The van der Waals surface area contributed by atoms with Crippen molar-refractivity contribution in [3.8, 4) is 0 Å². The summed E-state index contributed by atoms with van der Waals surface area (Å²) in [4.78, 5) is 33.9. The topological polar surface area (TPSA) is 101 Å². The fraction of sp³-hybridized carbons (Fsp3) is 0.273. The summed E-state index contributed by atoms with van der Waals surface area (Å²) in [5.41, 5.74) is -0.660. The van der Waals surface area contributed by atoms with Gasteiger partial charge in [0.2, 0.25) is 0 Å². The highest BCUT2D eigenvalue weighted by Gasteiger charge is 2.28. The maximum Gasteiger partial charge on any atom is 0.326 e. The number of carbonyl (C=O) groups excluding carboxylic acids is 1. The fourth-order valence-electron chi connectivity index (χ4n) is 1.37. The van der Waals surface area contributed by atoms with Crippen molar-refractivity contribution in [3.63, 3.8) is 0 Å². The molecule has 0 aromatic heterocycles. The summed E-state index contributed by atoms with van der Waals surface area (Å²) < 4.78 is 0. The lowest BCUT2D eigenvalue weighted by atomic mass is 10.1. The molecule has 1 rings (SSSR count). The number of benzene rings is 1. The lowest BCUT2D eigenvalue weighted by Gasteiger charge is -2.21. The molecule has 0 radical (unpaired) electrons. The molecular weight excluding hydrogens is 276 g/mol. The van der Waals surface area contributed by atoms with Crippen LogP contribution in [0.1, 0.15) is 17.3 Å². The number of nitro benzene ring substituents is 1. The third-order valence-electron chi connectivity index (χ3n) is 2.64. The fourth-order valence-corrected chi connectivity index (χ4v) is 1.54. The van der Waals surface area contributed by atoms with Gasteiger partial charge in [0.05, 0.1) is 4.92 Å². The van der Waals surface area contributed by atoms with E-state index >= 15 is 0 Å². The van der Waals surface area contributed by atoms with Crippen LogP contribution < -0.4 is 0 Å². The first kappa shape index (κ1) is 14.9. The van der Waals surface area contributed by atoms with Crippen LogP contribution in [0.5, 0.6) is 0 Å². The van der Waals surface area contributed by atoms with Gasteiger partial charge in [0.1, 0.15) is 11.6 Å². The quantitative estimate of drug-likeness (QED) is 0.672. The van der Waals surface area contributed by atoms with E-state index in [0.717, 1.165) is 17.0 Å². The van der Waals surface area contributed by atoms with Crippen LogP contribution in [-0.4, -0.2) is 39.9 Å². The molecule has 102 valence electrons. The number of nitro groups is 1. The van der Waals surface area contributed by atoms with Crippen molar-refractivity contribution in [2.45, 2.75) is 13.0 Å². The first-order valence-electron chi connectivity index (χ1n) is 5.19. The number of rotatable bonds is 4. The van der Waals surface area contributed by atoms with Crippen LogP contribution in [0.2, 0.25) is 5.02 Å². The zero-order valence-electron chi connectivity index (χ0n) is 10.2. The summed E-state index contributed by atoms with van der Waals surface area (Å²) in [6.07, 6.45) is 0. The molecule has 0 saturated carbocycles. The number of amides is 1. The molecule has 0 aliphatic carbocycles. The highest BCUT2D eigenvalue weighted by Crippen LogP contribution is 2.24. The number of halogens is 1. The molecular formula is C11H11ClN2O5. The summed E-state index contributed by atoms with van der Waals surface area (Å²) in [7, 11) is 1.26. The molecule has 19 heavy (non-hydrogen) atoms. The number of aliphatic carboxylic acids is 1. The number of nitrogens with zero attached hydrogens (tertiary/aromatic N) is 2. The molecule has 1 unspecified atom stereocenters. The molecule has 1 aromatic rings. The standard InChI is InChI=1S/C11H11ClN2O5/c1-6(11(16)17)13(2)10(15)8-5-7(12)3-4-9(8)14(18)19/h3-6H,1-2H3,(H,16,17). The monoisotopic (exact) mass is 286 g/mol. The van der Waals surface area contributed by atoms with Gasteiger partial charge < -0.3 is 10.0 Å². The molecule has 1 N–H and O–H groups in total. The number of carbonyl (C=O) groups is 2. The molecule has 0 heterocycles. The number of carboxylic acid groups (broad SMARTS) is 1. The number of likely N-dealkylation sites (N-methyl/N-ethyl adjacent to an activating group) is 1. The van der Waals surface area contributed by atoms with Crippen molar-refractivity contribution in [2.24, 2.45) is 0 Å². The van der Waals surface area contributed by atoms with E-state index in [2.05, 4.69) is 0 Å². The van der Waals surface area contributed by atoms with Crippen LogP contribution in [0.15, 0.2) is 18.2 Å².